The number of aryl methyl sites for hydroxylation is 1. The maximum absolute atomic E-state index is 13.3. The summed E-state index contributed by atoms with van der Waals surface area (Å²) >= 11 is 0.590. The quantitative estimate of drug-likeness (QED) is 0.493. The van der Waals surface area contributed by atoms with Crippen molar-refractivity contribution >= 4 is 27.4 Å². The molecule has 0 amide bonds. The minimum absolute atomic E-state index is 0.245. The smallest absolute Gasteiger partial charge is 0.425 e. The van der Waals surface area contributed by atoms with Crippen LogP contribution in [0.2, 0.25) is 0 Å². The van der Waals surface area contributed by atoms with Crippen molar-refractivity contribution in [3.05, 3.63) is 52.9 Å². The van der Waals surface area contributed by atoms with Crippen LogP contribution >= 0.6 is 11.3 Å². The number of halogens is 3. The number of alkyl halides is 3. The average molecular weight is 447 g/mol. The van der Waals surface area contributed by atoms with Crippen LogP contribution in [0, 0.1) is 6.92 Å². The summed E-state index contributed by atoms with van der Waals surface area (Å²) in [6, 6.07) is 6.61. The molecule has 0 spiro atoms. The number of nitrogens with one attached hydrogen (secondary N) is 1. The number of ether oxygens (including phenoxy) is 2. The Hall–Kier alpha value is -3.34. The summed E-state index contributed by atoms with van der Waals surface area (Å²) in [5.74, 6) is 2.51. The van der Waals surface area contributed by atoms with Crippen LogP contribution in [0.4, 0.5) is 19.0 Å². The zero-order valence-electron chi connectivity index (χ0n) is 16.2. The van der Waals surface area contributed by atoms with E-state index in [-0.39, 0.29) is 10.8 Å². The zero-order chi connectivity index (χ0) is 21.6. The molecule has 1 aromatic carbocycles. The number of rotatable bonds is 4. The van der Waals surface area contributed by atoms with Crippen LogP contribution in [-0.4, -0.2) is 32.7 Å². The Morgan fingerprint density at radius 1 is 1.13 bits per heavy atom. The molecule has 160 valence electrons. The number of thiophene rings is 1. The molecule has 11 heteroatoms. The molecule has 0 bridgehead atoms. The molecular weight excluding hydrogens is 431 g/mol. The number of aromatic nitrogens is 4. The van der Waals surface area contributed by atoms with Crippen molar-refractivity contribution < 1.29 is 22.6 Å². The molecule has 0 radical (unpaired) electrons. The number of fused-ring (bicyclic) bond motifs is 2. The van der Waals surface area contributed by atoms with Gasteiger partial charge in [0.2, 0.25) is 5.95 Å². The lowest BCUT2D eigenvalue weighted by Gasteiger charge is -2.19. The van der Waals surface area contributed by atoms with Crippen LogP contribution in [-0.2, 0) is 12.7 Å². The first-order chi connectivity index (χ1) is 14.9. The maximum Gasteiger partial charge on any atom is 0.425 e. The predicted octanol–water partition coefficient (Wildman–Crippen LogP) is 4.59. The van der Waals surface area contributed by atoms with E-state index in [4.69, 9.17) is 9.47 Å². The third kappa shape index (κ3) is 3.76. The summed E-state index contributed by atoms with van der Waals surface area (Å²) in [5.41, 5.74) is 0.877. The van der Waals surface area contributed by atoms with Gasteiger partial charge in [-0.2, -0.15) is 18.2 Å². The lowest BCUT2D eigenvalue weighted by Crippen LogP contribution is -2.15. The monoisotopic (exact) mass is 447 g/mol. The van der Waals surface area contributed by atoms with Crippen molar-refractivity contribution in [2.24, 2.45) is 0 Å². The molecule has 0 saturated heterocycles. The Balaban J connectivity index is 1.53. The average Bonchev–Trinajstić information content (AvgIpc) is 3.37. The summed E-state index contributed by atoms with van der Waals surface area (Å²) in [5, 5.41) is 3.47. The first kappa shape index (κ1) is 19.6. The number of anilines is 1. The van der Waals surface area contributed by atoms with E-state index in [0.29, 0.717) is 59.6 Å². The number of nitrogens with zero attached hydrogens (tertiary/aromatic N) is 4. The van der Waals surface area contributed by atoms with Gasteiger partial charge in [-0.1, -0.05) is 6.07 Å². The lowest BCUT2D eigenvalue weighted by atomic mass is 10.2. The molecule has 0 fully saturated rings. The van der Waals surface area contributed by atoms with E-state index < -0.39 is 11.1 Å². The third-order valence-electron chi connectivity index (χ3n) is 4.77. The molecule has 0 unspecified atom stereocenters. The second-order valence-electron chi connectivity index (χ2n) is 6.88. The van der Waals surface area contributed by atoms with Gasteiger partial charge in [-0.15, -0.1) is 11.3 Å². The standard InChI is InChI=1S/C20H16F3N5O2S/c1-11-24-4-5-28(11)19-26-17(13-9-16(20(21,22)23)31-18(13)27-19)25-10-12-2-3-14-15(8-12)30-7-6-29-14/h2-5,8-9H,6-7,10H2,1H3,(H,25,26,27). The molecule has 5 rings (SSSR count). The molecule has 1 aliphatic rings. The third-order valence-corrected chi connectivity index (χ3v) is 5.84. The van der Waals surface area contributed by atoms with E-state index >= 15 is 0 Å². The van der Waals surface area contributed by atoms with Crippen LogP contribution in [0.25, 0.3) is 16.2 Å². The molecule has 4 aromatic rings. The van der Waals surface area contributed by atoms with Gasteiger partial charge in [0.15, 0.2) is 11.5 Å². The van der Waals surface area contributed by atoms with Crippen LogP contribution in [0.3, 0.4) is 0 Å². The van der Waals surface area contributed by atoms with Crippen molar-refractivity contribution in [3.63, 3.8) is 0 Å². The van der Waals surface area contributed by atoms with E-state index in [2.05, 4.69) is 20.3 Å². The van der Waals surface area contributed by atoms with Crippen LogP contribution in [0.15, 0.2) is 36.7 Å². The normalized spacial score (nSPS) is 13.5. The summed E-state index contributed by atoms with van der Waals surface area (Å²) < 4.78 is 52.7. The van der Waals surface area contributed by atoms with Gasteiger partial charge in [-0.05, 0) is 30.7 Å². The van der Waals surface area contributed by atoms with Crippen molar-refractivity contribution in [2.75, 3.05) is 18.5 Å². The molecule has 7 nitrogen and oxygen atoms in total. The fraction of sp³-hybridized carbons (Fsp3) is 0.250. The van der Waals surface area contributed by atoms with Gasteiger partial charge < -0.3 is 14.8 Å². The highest BCUT2D eigenvalue weighted by Gasteiger charge is 2.34. The lowest BCUT2D eigenvalue weighted by molar-refractivity contribution is -0.134. The van der Waals surface area contributed by atoms with Gasteiger partial charge >= 0.3 is 6.18 Å². The number of hydrogen-bond acceptors (Lipinski definition) is 7. The molecular formula is C20H16F3N5O2S. The minimum atomic E-state index is -4.45. The summed E-state index contributed by atoms with van der Waals surface area (Å²) in [6.07, 6.45) is -1.20. The van der Waals surface area contributed by atoms with E-state index in [1.807, 2.05) is 18.2 Å². The number of imidazole rings is 1. The van der Waals surface area contributed by atoms with Crippen LogP contribution < -0.4 is 14.8 Å². The first-order valence-corrected chi connectivity index (χ1v) is 10.2. The Morgan fingerprint density at radius 3 is 2.68 bits per heavy atom. The van der Waals surface area contributed by atoms with Crippen LogP contribution in [0.5, 0.6) is 11.5 Å². The van der Waals surface area contributed by atoms with E-state index in [1.165, 1.54) is 0 Å². The topological polar surface area (TPSA) is 74.1 Å². The molecule has 4 heterocycles. The molecule has 31 heavy (non-hydrogen) atoms. The number of hydrogen-bond donors (Lipinski definition) is 1. The fourth-order valence-electron chi connectivity index (χ4n) is 3.27. The predicted molar refractivity (Wildman–Crippen MR) is 109 cm³/mol. The zero-order valence-corrected chi connectivity index (χ0v) is 17.0. The van der Waals surface area contributed by atoms with Crippen molar-refractivity contribution in [3.8, 4) is 17.4 Å². The molecule has 1 aliphatic heterocycles. The SMILES string of the molecule is Cc1nccn1-c1nc(NCc2ccc3c(c2)OCCO3)c2cc(C(F)(F)F)sc2n1. The Labute approximate surface area is 178 Å². The highest BCUT2D eigenvalue weighted by atomic mass is 32.1. The second kappa shape index (κ2) is 7.41. The molecule has 0 saturated carbocycles. The summed E-state index contributed by atoms with van der Waals surface area (Å²) in [7, 11) is 0. The van der Waals surface area contributed by atoms with Crippen molar-refractivity contribution in [2.45, 2.75) is 19.6 Å². The number of benzene rings is 1. The van der Waals surface area contributed by atoms with E-state index in [9.17, 15) is 13.2 Å². The molecule has 0 atom stereocenters. The van der Waals surface area contributed by atoms with Gasteiger partial charge in [0.25, 0.3) is 0 Å². The van der Waals surface area contributed by atoms with Crippen LogP contribution in [0.1, 0.15) is 16.3 Å². The Kier molecular flexibility index (Phi) is 4.69. The van der Waals surface area contributed by atoms with Gasteiger partial charge in [0, 0.05) is 18.9 Å². The largest absolute Gasteiger partial charge is 0.486 e. The minimum Gasteiger partial charge on any atom is -0.486 e. The van der Waals surface area contributed by atoms with Crippen molar-refractivity contribution in [1.29, 1.82) is 0 Å². The molecule has 0 aliphatic carbocycles. The Morgan fingerprint density at radius 2 is 1.94 bits per heavy atom. The summed E-state index contributed by atoms with van der Waals surface area (Å²) in [6.45, 7) is 3.08. The van der Waals surface area contributed by atoms with Gasteiger partial charge in [0.05, 0.1) is 5.39 Å². The van der Waals surface area contributed by atoms with E-state index in [0.717, 1.165) is 11.6 Å². The molecule has 3 aromatic heterocycles. The Bertz CT molecular complexity index is 1270. The highest BCUT2D eigenvalue weighted by molar-refractivity contribution is 7.18. The fourth-order valence-corrected chi connectivity index (χ4v) is 4.16. The first-order valence-electron chi connectivity index (χ1n) is 9.40. The van der Waals surface area contributed by atoms with Gasteiger partial charge in [0.1, 0.15) is 34.6 Å². The van der Waals surface area contributed by atoms with E-state index in [1.54, 1.807) is 23.9 Å². The summed E-state index contributed by atoms with van der Waals surface area (Å²) in [4.78, 5) is 12.5. The molecule has 1 N–H and O–H groups in total. The maximum atomic E-state index is 13.3. The van der Waals surface area contributed by atoms with Gasteiger partial charge in [-0.25, -0.2) is 9.97 Å². The second-order valence-corrected chi connectivity index (χ2v) is 7.91. The van der Waals surface area contributed by atoms with Gasteiger partial charge in [-0.3, -0.25) is 4.57 Å². The highest BCUT2D eigenvalue weighted by Crippen LogP contribution is 2.39. The van der Waals surface area contributed by atoms with Crippen molar-refractivity contribution in [1.82, 2.24) is 19.5 Å².